The fourth-order valence-electron chi connectivity index (χ4n) is 2.87. The molecule has 8 heteroatoms. The zero-order valence-corrected chi connectivity index (χ0v) is 15.5. The predicted molar refractivity (Wildman–Crippen MR) is 94.5 cm³/mol. The van der Waals surface area contributed by atoms with Crippen molar-refractivity contribution < 1.29 is 18.8 Å². The largest absolute Gasteiger partial charge is 0.344 e. The van der Waals surface area contributed by atoms with E-state index in [4.69, 9.17) is 5.73 Å². The standard InChI is InChI=1S/C18H25FN4O3/c1-17(2,10-20)11-22(4)14(24)9-23-15(25)18(3,21-16(23)26)12-5-7-13(19)8-6-12/h5-8H,9-11,20H2,1-4H3,(H,21,26). The molecule has 0 spiro atoms. The topological polar surface area (TPSA) is 95.7 Å². The van der Waals surface area contributed by atoms with E-state index >= 15 is 0 Å². The average Bonchev–Trinajstić information content (AvgIpc) is 2.79. The van der Waals surface area contributed by atoms with Crippen LogP contribution in [0.3, 0.4) is 0 Å². The van der Waals surface area contributed by atoms with E-state index in [1.54, 1.807) is 7.05 Å². The molecular formula is C18H25FN4O3. The number of imide groups is 1. The Labute approximate surface area is 152 Å². The SMILES string of the molecule is CN(CC(C)(C)CN)C(=O)CN1C(=O)NC(C)(c2ccc(F)cc2)C1=O. The highest BCUT2D eigenvalue weighted by molar-refractivity contribution is 6.09. The summed E-state index contributed by atoms with van der Waals surface area (Å²) in [5.74, 6) is -1.35. The number of carbonyl (C=O) groups is 3. The van der Waals surface area contributed by atoms with Crippen molar-refractivity contribution in [3.05, 3.63) is 35.6 Å². The molecule has 0 aromatic heterocycles. The highest BCUT2D eigenvalue weighted by Crippen LogP contribution is 2.29. The van der Waals surface area contributed by atoms with Gasteiger partial charge in [-0.05, 0) is 36.6 Å². The molecule has 1 unspecified atom stereocenters. The van der Waals surface area contributed by atoms with Crippen LogP contribution in [0, 0.1) is 11.2 Å². The van der Waals surface area contributed by atoms with Crippen LogP contribution < -0.4 is 11.1 Å². The minimum atomic E-state index is -1.33. The molecule has 0 bridgehead atoms. The summed E-state index contributed by atoms with van der Waals surface area (Å²) in [6.45, 7) is 5.83. The summed E-state index contributed by atoms with van der Waals surface area (Å²) < 4.78 is 13.1. The summed E-state index contributed by atoms with van der Waals surface area (Å²) in [5.41, 5.74) is 4.52. The van der Waals surface area contributed by atoms with Crippen LogP contribution in [-0.2, 0) is 15.1 Å². The monoisotopic (exact) mass is 364 g/mol. The van der Waals surface area contributed by atoms with Gasteiger partial charge in [0, 0.05) is 13.6 Å². The van der Waals surface area contributed by atoms with Crippen molar-refractivity contribution in [2.75, 3.05) is 26.7 Å². The van der Waals surface area contributed by atoms with Crippen LogP contribution in [0.1, 0.15) is 26.3 Å². The summed E-state index contributed by atoms with van der Waals surface area (Å²) in [5, 5.41) is 2.59. The highest BCUT2D eigenvalue weighted by Gasteiger charge is 2.49. The third-order valence-corrected chi connectivity index (χ3v) is 4.63. The summed E-state index contributed by atoms with van der Waals surface area (Å²) in [4.78, 5) is 39.8. The number of rotatable bonds is 6. The second kappa shape index (κ2) is 7.03. The van der Waals surface area contributed by atoms with E-state index in [1.807, 2.05) is 13.8 Å². The van der Waals surface area contributed by atoms with Crippen LogP contribution in [-0.4, -0.2) is 54.3 Å². The van der Waals surface area contributed by atoms with Crippen molar-refractivity contribution in [2.24, 2.45) is 11.1 Å². The Kier molecular flexibility index (Phi) is 5.36. The maximum atomic E-state index is 13.1. The number of benzene rings is 1. The van der Waals surface area contributed by atoms with Gasteiger partial charge in [-0.15, -0.1) is 0 Å². The zero-order chi connectivity index (χ0) is 19.7. The summed E-state index contributed by atoms with van der Waals surface area (Å²) in [6.07, 6.45) is 0. The van der Waals surface area contributed by atoms with Gasteiger partial charge in [-0.25, -0.2) is 9.18 Å². The van der Waals surface area contributed by atoms with Gasteiger partial charge in [0.05, 0.1) is 0 Å². The number of urea groups is 1. The molecule has 1 aliphatic heterocycles. The van der Waals surface area contributed by atoms with Crippen molar-refractivity contribution in [3.8, 4) is 0 Å². The van der Waals surface area contributed by atoms with Crippen LogP contribution in [0.2, 0.25) is 0 Å². The van der Waals surface area contributed by atoms with Crippen LogP contribution in [0.25, 0.3) is 0 Å². The highest BCUT2D eigenvalue weighted by atomic mass is 19.1. The number of hydrogen-bond acceptors (Lipinski definition) is 4. The zero-order valence-electron chi connectivity index (χ0n) is 15.5. The Bertz CT molecular complexity index is 720. The van der Waals surface area contributed by atoms with Gasteiger partial charge in [0.15, 0.2) is 0 Å². The van der Waals surface area contributed by atoms with Gasteiger partial charge in [-0.3, -0.25) is 14.5 Å². The van der Waals surface area contributed by atoms with Gasteiger partial charge in [0.2, 0.25) is 5.91 Å². The number of nitrogens with zero attached hydrogens (tertiary/aromatic N) is 2. The second-order valence-electron chi connectivity index (χ2n) is 7.57. The lowest BCUT2D eigenvalue weighted by Crippen LogP contribution is -2.46. The summed E-state index contributed by atoms with van der Waals surface area (Å²) >= 11 is 0. The van der Waals surface area contributed by atoms with Gasteiger partial charge >= 0.3 is 6.03 Å². The van der Waals surface area contributed by atoms with E-state index in [1.165, 1.54) is 36.1 Å². The van der Waals surface area contributed by atoms with Crippen molar-refractivity contribution in [1.29, 1.82) is 0 Å². The number of amides is 4. The molecule has 0 aliphatic carbocycles. The Hall–Kier alpha value is -2.48. The molecule has 1 aromatic rings. The molecule has 1 atom stereocenters. The molecule has 0 saturated carbocycles. The van der Waals surface area contributed by atoms with Gasteiger partial charge < -0.3 is 16.0 Å². The first kappa shape index (κ1) is 19.8. The molecule has 7 nitrogen and oxygen atoms in total. The first-order valence-electron chi connectivity index (χ1n) is 8.34. The number of nitrogens with one attached hydrogen (secondary N) is 1. The van der Waals surface area contributed by atoms with Crippen molar-refractivity contribution in [1.82, 2.24) is 15.1 Å². The third kappa shape index (κ3) is 3.85. The third-order valence-electron chi connectivity index (χ3n) is 4.63. The molecule has 1 saturated heterocycles. The maximum Gasteiger partial charge on any atom is 0.325 e. The van der Waals surface area contributed by atoms with Crippen LogP contribution >= 0.6 is 0 Å². The van der Waals surface area contributed by atoms with Gasteiger partial charge in [0.25, 0.3) is 5.91 Å². The number of halogens is 1. The molecule has 3 N–H and O–H groups in total. The number of carbonyl (C=O) groups excluding carboxylic acids is 3. The lowest BCUT2D eigenvalue weighted by atomic mass is 9.92. The summed E-state index contributed by atoms with van der Waals surface area (Å²) in [7, 11) is 1.61. The van der Waals surface area contributed by atoms with Gasteiger partial charge in [-0.1, -0.05) is 26.0 Å². The van der Waals surface area contributed by atoms with E-state index in [2.05, 4.69) is 5.32 Å². The minimum absolute atomic E-state index is 0.273. The molecule has 1 heterocycles. The normalized spacial score (nSPS) is 20.3. The van der Waals surface area contributed by atoms with E-state index in [0.29, 0.717) is 18.7 Å². The molecule has 4 amide bonds. The Morgan fingerprint density at radius 2 is 1.88 bits per heavy atom. The molecule has 1 aliphatic rings. The molecule has 26 heavy (non-hydrogen) atoms. The van der Waals surface area contributed by atoms with E-state index in [-0.39, 0.29) is 17.9 Å². The Balaban J connectivity index is 2.14. The Morgan fingerprint density at radius 3 is 2.42 bits per heavy atom. The van der Waals surface area contributed by atoms with Crippen LogP contribution in [0.5, 0.6) is 0 Å². The Morgan fingerprint density at radius 1 is 1.31 bits per heavy atom. The first-order chi connectivity index (χ1) is 12.0. The van der Waals surface area contributed by atoms with E-state index in [0.717, 1.165) is 4.90 Å². The fraction of sp³-hybridized carbons (Fsp3) is 0.500. The quantitative estimate of drug-likeness (QED) is 0.737. The maximum absolute atomic E-state index is 13.1. The van der Waals surface area contributed by atoms with E-state index in [9.17, 15) is 18.8 Å². The van der Waals surface area contributed by atoms with Crippen LogP contribution in [0.15, 0.2) is 24.3 Å². The number of likely N-dealkylation sites (N-methyl/N-ethyl adjacent to an activating group) is 1. The summed E-state index contributed by atoms with van der Waals surface area (Å²) in [6, 6.07) is 4.66. The molecule has 2 rings (SSSR count). The predicted octanol–water partition coefficient (Wildman–Crippen LogP) is 1.04. The van der Waals surface area contributed by atoms with Crippen LogP contribution in [0.4, 0.5) is 9.18 Å². The van der Waals surface area contributed by atoms with Gasteiger partial charge in [0.1, 0.15) is 17.9 Å². The molecule has 142 valence electrons. The van der Waals surface area contributed by atoms with Crippen molar-refractivity contribution in [2.45, 2.75) is 26.3 Å². The first-order valence-corrected chi connectivity index (χ1v) is 8.34. The number of nitrogens with two attached hydrogens (primary N) is 1. The molecular weight excluding hydrogens is 339 g/mol. The smallest absolute Gasteiger partial charge is 0.325 e. The van der Waals surface area contributed by atoms with E-state index < -0.39 is 23.3 Å². The second-order valence-corrected chi connectivity index (χ2v) is 7.57. The fourth-order valence-corrected chi connectivity index (χ4v) is 2.87. The molecule has 1 fully saturated rings. The van der Waals surface area contributed by atoms with Gasteiger partial charge in [-0.2, -0.15) is 0 Å². The molecule has 1 aromatic carbocycles. The lowest BCUT2D eigenvalue weighted by molar-refractivity contribution is -0.138. The molecule has 0 radical (unpaired) electrons. The number of hydrogen-bond donors (Lipinski definition) is 2. The van der Waals surface area contributed by atoms with Crippen molar-refractivity contribution in [3.63, 3.8) is 0 Å². The minimum Gasteiger partial charge on any atom is -0.344 e. The van der Waals surface area contributed by atoms with Crippen molar-refractivity contribution >= 4 is 17.8 Å². The average molecular weight is 364 g/mol. The lowest BCUT2D eigenvalue weighted by Gasteiger charge is -2.30.